The second-order valence-electron chi connectivity index (χ2n) is 10.5. The summed E-state index contributed by atoms with van der Waals surface area (Å²) in [7, 11) is 0. The van der Waals surface area contributed by atoms with Crippen LogP contribution in [0.25, 0.3) is 16.8 Å². The van der Waals surface area contributed by atoms with Crippen molar-refractivity contribution in [3.63, 3.8) is 0 Å². The lowest BCUT2D eigenvalue weighted by Gasteiger charge is -2.60. The Labute approximate surface area is 187 Å². The van der Waals surface area contributed by atoms with Crippen LogP contribution in [0.4, 0.5) is 4.79 Å². The SMILES string of the molecule is C[C@H](N1C(=O)NC(=O)/C(=C\c2cccc3ccccc23)C1=O)C12CC3CC(CC(C3)C1)C2. The lowest BCUT2D eigenvalue weighted by molar-refractivity contribution is -0.139. The van der Waals surface area contributed by atoms with Gasteiger partial charge >= 0.3 is 6.03 Å². The summed E-state index contributed by atoms with van der Waals surface area (Å²) in [5.74, 6) is 1.09. The molecule has 7 rings (SSSR count). The van der Waals surface area contributed by atoms with E-state index in [0.717, 1.165) is 53.4 Å². The Morgan fingerprint density at radius 2 is 1.56 bits per heavy atom. The summed E-state index contributed by atoms with van der Waals surface area (Å²) in [5.41, 5.74) is 0.836. The molecule has 5 aliphatic rings. The molecule has 5 heteroatoms. The van der Waals surface area contributed by atoms with Crippen LogP contribution in [0.2, 0.25) is 0 Å². The minimum Gasteiger partial charge on any atom is -0.273 e. The van der Waals surface area contributed by atoms with Gasteiger partial charge in [-0.1, -0.05) is 42.5 Å². The molecule has 1 saturated heterocycles. The first-order chi connectivity index (χ1) is 15.4. The van der Waals surface area contributed by atoms with Gasteiger partial charge < -0.3 is 0 Å². The zero-order chi connectivity index (χ0) is 22.0. The molecule has 5 fully saturated rings. The van der Waals surface area contributed by atoms with Crippen molar-refractivity contribution in [3.05, 3.63) is 53.6 Å². The van der Waals surface area contributed by atoms with Gasteiger partial charge in [0.05, 0.1) is 0 Å². The van der Waals surface area contributed by atoms with Crippen LogP contribution in [0.1, 0.15) is 51.0 Å². The average Bonchev–Trinajstić information content (AvgIpc) is 2.75. The topological polar surface area (TPSA) is 66.5 Å². The molecule has 1 atom stereocenters. The fourth-order valence-electron chi connectivity index (χ4n) is 7.52. The van der Waals surface area contributed by atoms with Crippen molar-refractivity contribution in [1.29, 1.82) is 0 Å². The number of fused-ring (bicyclic) bond motifs is 1. The van der Waals surface area contributed by atoms with E-state index in [-0.39, 0.29) is 17.0 Å². The number of hydrogen-bond donors (Lipinski definition) is 1. The van der Waals surface area contributed by atoms with Gasteiger partial charge in [0.25, 0.3) is 11.8 Å². The normalized spacial score (nSPS) is 33.8. The van der Waals surface area contributed by atoms with E-state index in [1.165, 1.54) is 24.2 Å². The molecule has 1 heterocycles. The molecule has 2 aromatic carbocycles. The van der Waals surface area contributed by atoms with Crippen molar-refractivity contribution in [2.45, 2.75) is 51.5 Å². The maximum absolute atomic E-state index is 13.6. The number of barbiturate groups is 1. The van der Waals surface area contributed by atoms with Crippen LogP contribution in [0.3, 0.4) is 0 Å². The first-order valence-corrected chi connectivity index (χ1v) is 11.8. The van der Waals surface area contributed by atoms with Gasteiger partial charge in [0, 0.05) is 6.04 Å². The van der Waals surface area contributed by atoms with E-state index >= 15 is 0 Å². The molecule has 0 radical (unpaired) electrons. The molecule has 4 aliphatic carbocycles. The van der Waals surface area contributed by atoms with Gasteiger partial charge in [-0.25, -0.2) is 4.79 Å². The first kappa shape index (κ1) is 19.7. The number of carbonyl (C=O) groups is 3. The predicted octanol–water partition coefficient (Wildman–Crippen LogP) is 4.91. The van der Waals surface area contributed by atoms with Gasteiger partial charge in [-0.2, -0.15) is 0 Å². The molecule has 1 N–H and O–H groups in total. The standard InChI is InChI=1S/C27H28N2O3/c1-16(27-13-17-9-18(14-27)11-19(10-17)15-27)29-25(31)23(24(30)28-26(29)32)12-21-7-4-6-20-5-2-3-8-22(20)21/h2-8,12,16-19H,9-11,13-15H2,1H3,(H,28,30,32)/b23-12+/t16-,17?,18?,19?,27?/m0/s1. The number of rotatable bonds is 3. The Kier molecular flexibility index (Phi) is 4.33. The number of hydrogen-bond acceptors (Lipinski definition) is 3. The lowest BCUT2D eigenvalue weighted by atomic mass is 9.47. The van der Waals surface area contributed by atoms with Gasteiger partial charge in [-0.05, 0) is 91.0 Å². The fraction of sp³-hybridized carbons (Fsp3) is 0.444. The summed E-state index contributed by atoms with van der Waals surface area (Å²) < 4.78 is 0. The van der Waals surface area contributed by atoms with Gasteiger partial charge in [-0.3, -0.25) is 19.8 Å². The quantitative estimate of drug-likeness (QED) is 0.558. The molecule has 5 nitrogen and oxygen atoms in total. The summed E-state index contributed by atoms with van der Waals surface area (Å²) in [5, 5.41) is 4.46. The molecular weight excluding hydrogens is 400 g/mol. The third-order valence-corrected chi connectivity index (χ3v) is 8.62. The minimum absolute atomic E-state index is 0.00725. The van der Waals surface area contributed by atoms with Crippen molar-refractivity contribution < 1.29 is 14.4 Å². The van der Waals surface area contributed by atoms with Gasteiger partial charge in [0.1, 0.15) is 5.57 Å². The molecule has 2 aromatic rings. The van der Waals surface area contributed by atoms with E-state index in [2.05, 4.69) is 5.32 Å². The monoisotopic (exact) mass is 428 g/mol. The Balaban J connectivity index is 1.37. The van der Waals surface area contributed by atoms with Crippen LogP contribution in [0.15, 0.2) is 48.0 Å². The number of imide groups is 2. The zero-order valence-electron chi connectivity index (χ0n) is 18.3. The molecule has 32 heavy (non-hydrogen) atoms. The van der Waals surface area contributed by atoms with Gasteiger partial charge in [-0.15, -0.1) is 0 Å². The maximum Gasteiger partial charge on any atom is 0.331 e. The largest absolute Gasteiger partial charge is 0.331 e. The molecule has 0 aromatic heterocycles. The molecule has 0 unspecified atom stereocenters. The summed E-state index contributed by atoms with van der Waals surface area (Å²) in [4.78, 5) is 40.6. The van der Waals surface area contributed by atoms with Crippen LogP contribution in [0, 0.1) is 23.2 Å². The van der Waals surface area contributed by atoms with Crippen LogP contribution in [-0.4, -0.2) is 28.8 Å². The maximum atomic E-state index is 13.6. The van der Waals surface area contributed by atoms with E-state index in [4.69, 9.17) is 0 Å². The molecule has 0 spiro atoms. The average molecular weight is 429 g/mol. The summed E-state index contributed by atoms with van der Waals surface area (Å²) in [6.07, 6.45) is 8.82. The lowest BCUT2D eigenvalue weighted by Crippen LogP contribution is -2.63. The van der Waals surface area contributed by atoms with Crippen LogP contribution in [0.5, 0.6) is 0 Å². The predicted molar refractivity (Wildman–Crippen MR) is 122 cm³/mol. The van der Waals surface area contributed by atoms with Crippen LogP contribution in [-0.2, 0) is 9.59 Å². The van der Waals surface area contributed by atoms with Crippen molar-refractivity contribution in [2.75, 3.05) is 0 Å². The van der Waals surface area contributed by atoms with Crippen molar-refractivity contribution >= 4 is 34.7 Å². The van der Waals surface area contributed by atoms with Crippen molar-refractivity contribution in [1.82, 2.24) is 10.2 Å². The number of nitrogens with one attached hydrogen (secondary N) is 1. The highest BCUT2D eigenvalue weighted by molar-refractivity contribution is 6.31. The minimum atomic E-state index is -0.609. The Morgan fingerprint density at radius 3 is 2.25 bits per heavy atom. The molecular formula is C27H28N2O3. The number of nitrogens with zero attached hydrogens (tertiary/aromatic N) is 1. The third kappa shape index (κ3) is 2.94. The smallest absolute Gasteiger partial charge is 0.273 e. The molecule has 4 saturated carbocycles. The summed E-state index contributed by atoms with van der Waals surface area (Å²) >= 11 is 0. The zero-order valence-corrected chi connectivity index (χ0v) is 18.3. The van der Waals surface area contributed by atoms with Crippen LogP contribution < -0.4 is 5.32 Å². The number of carbonyl (C=O) groups excluding carboxylic acids is 3. The first-order valence-electron chi connectivity index (χ1n) is 11.8. The van der Waals surface area contributed by atoms with E-state index in [9.17, 15) is 14.4 Å². The third-order valence-electron chi connectivity index (χ3n) is 8.62. The number of benzene rings is 2. The highest BCUT2D eigenvalue weighted by Crippen LogP contribution is 2.62. The van der Waals surface area contributed by atoms with E-state index < -0.39 is 17.8 Å². The van der Waals surface area contributed by atoms with E-state index in [1.807, 2.05) is 49.4 Å². The summed E-state index contributed by atoms with van der Waals surface area (Å²) in [6.45, 7) is 2.02. The number of urea groups is 1. The number of amides is 4. The van der Waals surface area contributed by atoms with Gasteiger partial charge in [0.15, 0.2) is 0 Å². The summed E-state index contributed by atoms with van der Waals surface area (Å²) in [6, 6.07) is 12.9. The highest BCUT2D eigenvalue weighted by atomic mass is 16.2. The molecule has 164 valence electrons. The Hall–Kier alpha value is -2.95. The van der Waals surface area contributed by atoms with E-state index in [1.54, 1.807) is 6.08 Å². The Morgan fingerprint density at radius 1 is 0.938 bits per heavy atom. The van der Waals surface area contributed by atoms with Gasteiger partial charge in [0.2, 0.25) is 0 Å². The van der Waals surface area contributed by atoms with Crippen molar-refractivity contribution in [3.8, 4) is 0 Å². The second kappa shape index (κ2) is 7.03. The molecule has 1 aliphatic heterocycles. The fourth-order valence-corrected chi connectivity index (χ4v) is 7.52. The van der Waals surface area contributed by atoms with Crippen molar-refractivity contribution in [2.24, 2.45) is 23.2 Å². The highest BCUT2D eigenvalue weighted by Gasteiger charge is 2.56. The second-order valence-corrected chi connectivity index (χ2v) is 10.5. The molecule has 4 bridgehead atoms. The Bertz CT molecular complexity index is 1140. The van der Waals surface area contributed by atoms with E-state index in [0.29, 0.717) is 0 Å². The van der Waals surface area contributed by atoms with Crippen LogP contribution >= 0.6 is 0 Å². The molecule has 4 amide bonds.